The summed E-state index contributed by atoms with van der Waals surface area (Å²) in [6.45, 7) is 8.73. The zero-order valence-electron chi connectivity index (χ0n) is 11.6. The largest absolute Gasteiger partial charge is 0.480 e. The van der Waals surface area contributed by atoms with Crippen LogP contribution in [0.15, 0.2) is 0 Å². The molecule has 6 nitrogen and oxygen atoms in total. The van der Waals surface area contributed by atoms with Crippen LogP contribution in [0.4, 0.5) is 4.79 Å². The maximum absolute atomic E-state index is 11.5. The molecule has 0 aromatic heterocycles. The SMILES string of the molecule is CC(C)CC(O)[C@H](NC(=O)OC(C)(C)C)C(=O)O. The molecule has 0 saturated heterocycles. The lowest BCUT2D eigenvalue weighted by molar-refractivity contribution is -0.142. The molecule has 0 radical (unpaired) electrons. The van der Waals surface area contributed by atoms with Gasteiger partial charge in [0.15, 0.2) is 6.04 Å². The second-order valence-electron chi connectivity index (χ2n) is 5.66. The number of aliphatic carboxylic acids is 1. The zero-order valence-corrected chi connectivity index (χ0v) is 11.6. The molecular formula is C12H23NO5. The molecule has 0 saturated carbocycles. The second kappa shape index (κ2) is 6.58. The number of carboxylic acid groups (broad SMARTS) is 1. The Morgan fingerprint density at radius 3 is 2.11 bits per heavy atom. The Bertz CT molecular complexity index is 295. The first-order chi connectivity index (χ1) is 8.03. The molecule has 6 heteroatoms. The summed E-state index contributed by atoms with van der Waals surface area (Å²) in [6, 6.07) is -1.36. The van der Waals surface area contributed by atoms with Crippen molar-refractivity contribution in [3.8, 4) is 0 Å². The molecule has 3 N–H and O–H groups in total. The molecule has 1 unspecified atom stereocenters. The number of carbonyl (C=O) groups is 2. The van der Waals surface area contributed by atoms with E-state index in [0.717, 1.165) is 0 Å². The normalized spacial score (nSPS) is 15.1. The molecule has 0 heterocycles. The van der Waals surface area contributed by atoms with Crippen LogP contribution in [0.25, 0.3) is 0 Å². The van der Waals surface area contributed by atoms with Gasteiger partial charge in [-0.2, -0.15) is 0 Å². The minimum absolute atomic E-state index is 0.127. The van der Waals surface area contributed by atoms with Crippen LogP contribution in [-0.2, 0) is 9.53 Å². The van der Waals surface area contributed by atoms with Crippen LogP contribution in [0, 0.1) is 5.92 Å². The predicted octanol–water partition coefficient (Wildman–Crippen LogP) is 1.37. The van der Waals surface area contributed by atoms with E-state index in [4.69, 9.17) is 9.84 Å². The topological polar surface area (TPSA) is 95.9 Å². The van der Waals surface area contributed by atoms with Gasteiger partial charge in [-0.05, 0) is 33.1 Å². The van der Waals surface area contributed by atoms with E-state index >= 15 is 0 Å². The van der Waals surface area contributed by atoms with E-state index in [1.165, 1.54) is 0 Å². The monoisotopic (exact) mass is 261 g/mol. The van der Waals surface area contributed by atoms with Crippen molar-refractivity contribution in [3.05, 3.63) is 0 Å². The van der Waals surface area contributed by atoms with Crippen LogP contribution >= 0.6 is 0 Å². The van der Waals surface area contributed by atoms with Gasteiger partial charge in [-0.3, -0.25) is 0 Å². The third-order valence-electron chi connectivity index (χ3n) is 2.04. The van der Waals surface area contributed by atoms with Crippen LogP contribution in [0.1, 0.15) is 41.0 Å². The molecule has 0 aromatic rings. The Balaban J connectivity index is 4.54. The lowest BCUT2D eigenvalue weighted by Gasteiger charge is -2.24. The first-order valence-electron chi connectivity index (χ1n) is 5.93. The summed E-state index contributed by atoms with van der Waals surface area (Å²) >= 11 is 0. The third-order valence-corrected chi connectivity index (χ3v) is 2.04. The fraction of sp³-hybridized carbons (Fsp3) is 0.833. The molecule has 106 valence electrons. The number of hydrogen-bond acceptors (Lipinski definition) is 4. The summed E-state index contributed by atoms with van der Waals surface area (Å²) in [5, 5.41) is 20.9. The first-order valence-corrected chi connectivity index (χ1v) is 5.93. The van der Waals surface area contributed by atoms with Gasteiger partial charge in [-0.15, -0.1) is 0 Å². The number of rotatable bonds is 5. The van der Waals surface area contributed by atoms with Crippen LogP contribution in [0.3, 0.4) is 0 Å². The Morgan fingerprint density at radius 1 is 1.28 bits per heavy atom. The summed E-state index contributed by atoms with van der Waals surface area (Å²) in [4.78, 5) is 22.4. The highest BCUT2D eigenvalue weighted by Crippen LogP contribution is 2.11. The average molecular weight is 261 g/mol. The molecule has 0 fully saturated rings. The minimum Gasteiger partial charge on any atom is -0.480 e. The Hall–Kier alpha value is -1.30. The quantitative estimate of drug-likeness (QED) is 0.694. The van der Waals surface area contributed by atoms with Crippen molar-refractivity contribution in [2.75, 3.05) is 0 Å². The predicted molar refractivity (Wildman–Crippen MR) is 66.3 cm³/mol. The molecule has 0 aliphatic rings. The summed E-state index contributed by atoms with van der Waals surface area (Å²) in [7, 11) is 0. The number of alkyl carbamates (subject to hydrolysis) is 1. The molecule has 2 atom stereocenters. The van der Waals surface area contributed by atoms with Crippen molar-refractivity contribution in [1.82, 2.24) is 5.32 Å². The standard InChI is InChI=1S/C12H23NO5/c1-7(2)6-8(14)9(10(15)16)13-11(17)18-12(3,4)5/h7-9,14H,6H2,1-5H3,(H,13,17)(H,15,16)/t8?,9-/m0/s1. The fourth-order valence-corrected chi connectivity index (χ4v) is 1.38. The first kappa shape index (κ1) is 16.7. The van der Waals surface area contributed by atoms with Gasteiger partial charge in [0, 0.05) is 0 Å². The Morgan fingerprint density at radius 2 is 1.78 bits per heavy atom. The smallest absolute Gasteiger partial charge is 0.408 e. The number of ether oxygens (including phenoxy) is 1. The van der Waals surface area contributed by atoms with E-state index in [1.807, 2.05) is 13.8 Å². The number of carboxylic acids is 1. The van der Waals surface area contributed by atoms with Crippen molar-refractivity contribution in [3.63, 3.8) is 0 Å². The highest BCUT2D eigenvalue weighted by Gasteiger charge is 2.30. The molecule has 0 spiro atoms. The van der Waals surface area contributed by atoms with Gasteiger partial charge in [-0.1, -0.05) is 13.8 Å². The van der Waals surface area contributed by atoms with Crippen molar-refractivity contribution in [2.45, 2.75) is 58.8 Å². The zero-order chi connectivity index (χ0) is 14.5. The van der Waals surface area contributed by atoms with Crippen molar-refractivity contribution in [2.24, 2.45) is 5.92 Å². The van der Waals surface area contributed by atoms with Gasteiger partial charge in [0.1, 0.15) is 5.60 Å². The van der Waals surface area contributed by atoms with E-state index < -0.39 is 29.8 Å². The molecular weight excluding hydrogens is 238 g/mol. The fourth-order valence-electron chi connectivity index (χ4n) is 1.38. The molecule has 1 amide bonds. The van der Waals surface area contributed by atoms with E-state index in [1.54, 1.807) is 20.8 Å². The van der Waals surface area contributed by atoms with Crippen LogP contribution in [0.5, 0.6) is 0 Å². The number of aliphatic hydroxyl groups is 1. The van der Waals surface area contributed by atoms with Crippen molar-refractivity contribution >= 4 is 12.1 Å². The Kier molecular flexibility index (Phi) is 6.11. The maximum atomic E-state index is 11.5. The van der Waals surface area contributed by atoms with Gasteiger partial charge in [0.2, 0.25) is 0 Å². The number of aliphatic hydroxyl groups excluding tert-OH is 1. The van der Waals surface area contributed by atoms with Gasteiger partial charge >= 0.3 is 12.1 Å². The van der Waals surface area contributed by atoms with Gasteiger partial charge in [-0.25, -0.2) is 9.59 Å². The second-order valence-corrected chi connectivity index (χ2v) is 5.66. The molecule has 0 aromatic carbocycles. The van der Waals surface area contributed by atoms with Crippen LogP contribution in [0.2, 0.25) is 0 Å². The van der Waals surface area contributed by atoms with Gasteiger partial charge in [0.05, 0.1) is 6.10 Å². The molecule has 18 heavy (non-hydrogen) atoms. The highest BCUT2D eigenvalue weighted by molar-refractivity contribution is 5.80. The molecule has 0 aliphatic carbocycles. The van der Waals surface area contributed by atoms with E-state index in [2.05, 4.69) is 5.32 Å². The molecule has 0 bridgehead atoms. The summed E-state index contributed by atoms with van der Waals surface area (Å²) in [6.07, 6.45) is -1.71. The van der Waals surface area contributed by atoms with Gasteiger partial charge < -0.3 is 20.3 Å². The number of carbonyl (C=O) groups excluding carboxylic acids is 1. The number of hydrogen-bond donors (Lipinski definition) is 3. The van der Waals surface area contributed by atoms with E-state index in [9.17, 15) is 14.7 Å². The lowest BCUT2D eigenvalue weighted by atomic mass is 10.0. The van der Waals surface area contributed by atoms with E-state index in [-0.39, 0.29) is 12.3 Å². The summed E-state index contributed by atoms with van der Waals surface area (Å²) in [5.41, 5.74) is -0.712. The van der Waals surface area contributed by atoms with Crippen molar-refractivity contribution in [1.29, 1.82) is 0 Å². The molecule has 0 rings (SSSR count). The Labute approximate surface area is 107 Å². The average Bonchev–Trinajstić information content (AvgIpc) is 2.09. The number of amides is 1. The minimum atomic E-state index is -1.36. The van der Waals surface area contributed by atoms with Crippen LogP contribution in [-0.4, -0.2) is 40.0 Å². The van der Waals surface area contributed by atoms with E-state index in [0.29, 0.717) is 0 Å². The maximum Gasteiger partial charge on any atom is 0.408 e. The summed E-state index contributed by atoms with van der Waals surface area (Å²) < 4.78 is 4.95. The van der Waals surface area contributed by atoms with Crippen LogP contribution < -0.4 is 5.32 Å². The van der Waals surface area contributed by atoms with Crippen molar-refractivity contribution < 1.29 is 24.5 Å². The summed E-state index contributed by atoms with van der Waals surface area (Å²) in [5.74, 6) is -1.16. The van der Waals surface area contributed by atoms with Gasteiger partial charge in [0.25, 0.3) is 0 Å². The number of nitrogens with one attached hydrogen (secondary N) is 1. The molecule has 0 aliphatic heterocycles. The highest BCUT2D eigenvalue weighted by atomic mass is 16.6. The lowest BCUT2D eigenvalue weighted by Crippen LogP contribution is -2.50. The third kappa shape index (κ3) is 7.11.